The maximum atomic E-state index is 12.1. The SMILES string of the molecule is CCNCC1CCN(C(=O)c2ccsc2)CC1.Cl. The molecule has 1 aromatic heterocycles. The molecule has 1 aliphatic heterocycles. The Balaban J connectivity index is 0.00000162. The Labute approximate surface area is 119 Å². The third-order valence-corrected chi connectivity index (χ3v) is 4.04. The van der Waals surface area contributed by atoms with Crippen LogP contribution in [0.1, 0.15) is 30.1 Å². The molecule has 1 aliphatic rings. The monoisotopic (exact) mass is 288 g/mol. The first kappa shape index (κ1) is 15.5. The Morgan fingerprint density at radius 2 is 2.22 bits per heavy atom. The third kappa shape index (κ3) is 3.97. The Morgan fingerprint density at radius 3 is 2.78 bits per heavy atom. The van der Waals surface area contributed by atoms with E-state index in [4.69, 9.17) is 0 Å². The summed E-state index contributed by atoms with van der Waals surface area (Å²) in [5, 5.41) is 7.29. The first-order valence-corrected chi connectivity index (χ1v) is 7.27. The number of hydrogen-bond donors (Lipinski definition) is 1. The topological polar surface area (TPSA) is 32.3 Å². The number of amides is 1. The van der Waals surface area contributed by atoms with Crippen molar-refractivity contribution in [3.8, 4) is 0 Å². The summed E-state index contributed by atoms with van der Waals surface area (Å²) in [5.74, 6) is 0.939. The Hall–Kier alpha value is -0.580. The summed E-state index contributed by atoms with van der Waals surface area (Å²) in [6.07, 6.45) is 2.26. The van der Waals surface area contributed by atoms with Gasteiger partial charge >= 0.3 is 0 Å². The molecule has 0 spiro atoms. The molecule has 5 heteroatoms. The maximum Gasteiger partial charge on any atom is 0.254 e. The van der Waals surface area contributed by atoms with Crippen LogP contribution < -0.4 is 5.32 Å². The molecule has 1 amide bonds. The quantitative estimate of drug-likeness (QED) is 0.924. The molecular formula is C13H21ClN2OS. The van der Waals surface area contributed by atoms with E-state index in [1.165, 1.54) is 0 Å². The molecule has 2 rings (SSSR count). The number of piperidine rings is 1. The predicted molar refractivity (Wildman–Crippen MR) is 78.7 cm³/mol. The van der Waals surface area contributed by atoms with Gasteiger partial charge in [0.05, 0.1) is 5.56 Å². The fourth-order valence-electron chi connectivity index (χ4n) is 2.26. The van der Waals surface area contributed by atoms with E-state index in [2.05, 4.69) is 12.2 Å². The fraction of sp³-hybridized carbons (Fsp3) is 0.615. The van der Waals surface area contributed by atoms with Crippen LogP contribution in [0.4, 0.5) is 0 Å². The van der Waals surface area contributed by atoms with Gasteiger partial charge in [0.25, 0.3) is 5.91 Å². The highest BCUT2D eigenvalue weighted by molar-refractivity contribution is 7.08. The molecule has 1 saturated heterocycles. The molecular weight excluding hydrogens is 268 g/mol. The first-order valence-electron chi connectivity index (χ1n) is 6.33. The van der Waals surface area contributed by atoms with Gasteiger partial charge in [-0.15, -0.1) is 12.4 Å². The first-order chi connectivity index (χ1) is 8.31. The Morgan fingerprint density at radius 1 is 1.50 bits per heavy atom. The van der Waals surface area contributed by atoms with Gasteiger partial charge in [-0.2, -0.15) is 11.3 Å². The second-order valence-electron chi connectivity index (χ2n) is 4.56. The number of nitrogens with zero attached hydrogens (tertiary/aromatic N) is 1. The Kier molecular flexibility index (Phi) is 6.68. The molecule has 102 valence electrons. The van der Waals surface area contributed by atoms with Crippen molar-refractivity contribution >= 4 is 29.7 Å². The number of rotatable bonds is 4. The highest BCUT2D eigenvalue weighted by Gasteiger charge is 2.23. The van der Waals surface area contributed by atoms with Gasteiger partial charge in [-0.25, -0.2) is 0 Å². The van der Waals surface area contributed by atoms with E-state index < -0.39 is 0 Å². The second-order valence-corrected chi connectivity index (χ2v) is 5.34. The van der Waals surface area contributed by atoms with Crippen LogP contribution in [0.5, 0.6) is 0 Å². The van der Waals surface area contributed by atoms with E-state index in [9.17, 15) is 4.79 Å². The zero-order valence-corrected chi connectivity index (χ0v) is 12.4. The van der Waals surface area contributed by atoms with Crippen molar-refractivity contribution in [3.05, 3.63) is 22.4 Å². The van der Waals surface area contributed by atoms with E-state index in [1.807, 2.05) is 21.7 Å². The molecule has 0 aromatic carbocycles. The lowest BCUT2D eigenvalue weighted by molar-refractivity contribution is 0.0691. The summed E-state index contributed by atoms with van der Waals surface area (Å²) in [4.78, 5) is 14.1. The minimum atomic E-state index is 0. The molecule has 18 heavy (non-hydrogen) atoms. The summed E-state index contributed by atoms with van der Waals surface area (Å²) in [6, 6.07) is 1.91. The van der Waals surface area contributed by atoms with E-state index in [-0.39, 0.29) is 18.3 Å². The standard InChI is InChI=1S/C13H20N2OS.ClH/c1-2-14-9-11-3-6-15(7-4-11)13(16)12-5-8-17-10-12;/h5,8,10-11,14H,2-4,6-7,9H2,1H3;1H. The third-order valence-electron chi connectivity index (χ3n) is 3.35. The minimum Gasteiger partial charge on any atom is -0.339 e. The van der Waals surface area contributed by atoms with Gasteiger partial charge in [-0.05, 0) is 43.3 Å². The lowest BCUT2D eigenvalue weighted by Crippen LogP contribution is -2.40. The van der Waals surface area contributed by atoms with Crippen LogP contribution in [-0.4, -0.2) is 37.0 Å². The highest BCUT2D eigenvalue weighted by Crippen LogP contribution is 2.19. The average molecular weight is 289 g/mol. The number of thiophene rings is 1. The van der Waals surface area contributed by atoms with Crippen molar-refractivity contribution < 1.29 is 4.79 Å². The molecule has 0 atom stereocenters. The van der Waals surface area contributed by atoms with Crippen LogP contribution in [0, 0.1) is 5.92 Å². The number of hydrogen-bond acceptors (Lipinski definition) is 3. The van der Waals surface area contributed by atoms with Gasteiger partial charge in [-0.3, -0.25) is 4.79 Å². The number of carbonyl (C=O) groups is 1. The lowest BCUT2D eigenvalue weighted by atomic mass is 9.96. The molecule has 1 aromatic rings. The van der Waals surface area contributed by atoms with Crippen LogP contribution in [0.15, 0.2) is 16.8 Å². The van der Waals surface area contributed by atoms with Crippen LogP contribution in [0.2, 0.25) is 0 Å². The van der Waals surface area contributed by atoms with Crippen LogP contribution >= 0.6 is 23.7 Å². The molecule has 0 radical (unpaired) electrons. The summed E-state index contributed by atoms with van der Waals surface area (Å²) in [6.45, 7) is 6.08. The number of nitrogens with one attached hydrogen (secondary N) is 1. The van der Waals surface area contributed by atoms with Gasteiger partial charge in [0, 0.05) is 18.5 Å². The second kappa shape index (κ2) is 7.77. The highest BCUT2D eigenvalue weighted by atomic mass is 35.5. The van der Waals surface area contributed by atoms with Crippen LogP contribution in [0.25, 0.3) is 0 Å². The maximum absolute atomic E-state index is 12.1. The zero-order chi connectivity index (χ0) is 12.1. The minimum absolute atomic E-state index is 0. The van der Waals surface area contributed by atoms with E-state index in [0.717, 1.165) is 50.5 Å². The fourth-order valence-corrected chi connectivity index (χ4v) is 2.89. The largest absolute Gasteiger partial charge is 0.339 e. The molecule has 0 saturated carbocycles. The smallest absolute Gasteiger partial charge is 0.254 e. The van der Waals surface area contributed by atoms with Crippen molar-refractivity contribution in [1.82, 2.24) is 10.2 Å². The van der Waals surface area contributed by atoms with E-state index >= 15 is 0 Å². The molecule has 1 fully saturated rings. The van der Waals surface area contributed by atoms with Gasteiger partial charge in [-0.1, -0.05) is 6.92 Å². The van der Waals surface area contributed by atoms with Crippen molar-refractivity contribution in [3.63, 3.8) is 0 Å². The van der Waals surface area contributed by atoms with Crippen molar-refractivity contribution in [2.24, 2.45) is 5.92 Å². The van der Waals surface area contributed by atoms with E-state index in [0.29, 0.717) is 0 Å². The summed E-state index contributed by atoms with van der Waals surface area (Å²) < 4.78 is 0. The van der Waals surface area contributed by atoms with E-state index in [1.54, 1.807) is 11.3 Å². The van der Waals surface area contributed by atoms with Gasteiger partial charge in [0.15, 0.2) is 0 Å². The van der Waals surface area contributed by atoms with Crippen LogP contribution in [0.3, 0.4) is 0 Å². The van der Waals surface area contributed by atoms with Crippen LogP contribution in [-0.2, 0) is 0 Å². The van der Waals surface area contributed by atoms with Gasteiger partial charge in [0.1, 0.15) is 0 Å². The Bertz CT molecular complexity index is 348. The summed E-state index contributed by atoms with van der Waals surface area (Å²) >= 11 is 1.59. The number of carbonyl (C=O) groups excluding carboxylic acids is 1. The molecule has 0 bridgehead atoms. The lowest BCUT2D eigenvalue weighted by Gasteiger charge is -2.32. The molecule has 2 heterocycles. The molecule has 0 unspecified atom stereocenters. The van der Waals surface area contributed by atoms with Crippen molar-refractivity contribution in [2.75, 3.05) is 26.2 Å². The predicted octanol–water partition coefficient (Wildman–Crippen LogP) is 2.63. The summed E-state index contributed by atoms with van der Waals surface area (Å²) in [5.41, 5.74) is 0.847. The number of halogens is 1. The van der Waals surface area contributed by atoms with Crippen molar-refractivity contribution in [2.45, 2.75) is 19.8 Å². The molecule has 0 aliphatic carbocycles. The molecule has 1 N–H and O–H groups in total. The molecule has 3 nitrogen and oxygen atoms in total. The summed E-state index contributed by atoms with van der Waals surface area (Å²) in [7, 11) is 0. The number of likely N-dealkylation sites (tertiary alicyclic amines) is 1. The average Bonchev–Trinajstić information content (AvgIpc) is 2.90. The van der Waals surface area contributed by atoms with Gasteiger partial charge < -0.3 is 10.2 Å². The normalized spacial score (nSPS) is 16.4. The zero-order valence-electron chi connectivity index (χ0n) is 10.7. The van der Waals surface area contributed by atoms with Crippen molar-refractivity contribution in [1.29, 1.82) is 0 Å². The van der Waals surface area contributed by atoms with Gasteiger partial charge in [0.2, 0.25) is 0 Å².